The Kier molecular flexibility index (Phi) is 9.22. The summed E-state index contributed by atoms with van der Waals surface area (Å²) in [6.45, 7) is -0.354. The number of aliphatic carboxylic acids is 2. The highest BCUT2D eigenvalue weighted by atomic mass is 16.5. The maximum absolute atomic E-state index is 12.6. The average Bonchev–Trinajstić information content (AvgIpc) is 2.79. The van der Waals surface area contributed by atoms with E-state index >= 15 is 0 Å². The molecule has 0 spiro atoms. The first-order valence-electron chi connectivity index (χ1n) is 10.1. The Balaban J connectivity index is 1.91. The van der Waals surface area contributed by atoms with Crippen molar-refractivity contribution in [3.8, 4) is 5.75 Å². The summed E-state index contributed by atoms with van der Waals surface area (Å²) in [5, 5.41) is 27.3. The number of rotatable bonds is 13. The fourth-order valence-electron chi connectivity index (χ4n) is 2.80. The second-order valence-corrected chi connectivity index (χ2v) is 7.44. The summed E-state index contributed by atoms with van der Waals surface area (Å²) < 4.78 is 5.38. The van der Waals surface area contributed by atoms with Crippen molar-refractivity contribution in [2.75, 3.05) is 20.7 Å². The molecule has 0 aromatic heterocycles. The molecule has 0 aliphatic heterocycles. The average molecular weight is 455 g/mol. The summed E-state index contributed by atoms with van der Waals surface area (Å²) in [4.78, 5) is 46.5. The molecule has 0 radical (unpaired) electrons. The lowest BCUT2D eigenvalue weighted by atomic mass is 9.97. The van der Waals surface area contributed by atoms with Gasteiger partial charge in [0.25, 0.3) is 0 Å². The third kappa shape index (κ3) is 8.52. The molecular formula is C23H25N3O7. The number of carbonyl (C=O) groups excluding carboxylic acids is 2. The van der Waals surface area contributed by atoms with E-state index in [9.17, 15) is 19.2 Å². The molecule has 0 aliphatic carbocycles. The third-order valence-corrected chi connectivity index (χ3v) is 4.51. The number of nitrogens with zero attached hydrogens (tertiary/aromatic N) is 3. The highest BCUT2D eigenvalue weighted by molar-refractivity contribution is 6.09. The smallest absolute Gasteiger partial charge is 0.306 e. The van der Waals surface area contributed by atoms with Crippen LogP contribution in [0.2, 0.25) is 0 Å². The van der Waals surface area contributed by atoms with Crippen LogP contribution in [0.15, 0.2) is 58.9 Å². The molecule has 10 nitrogen and oxygen atoms in total. The summed E-state index contributed by atoms with van der Waals surface area (Å²) in [6, 6.07) is 12.9. The van der Waals surface area contributed by atoms with Crippen molar-refractivity contribution in [2.24, 2.45) is 16.3 Å². The lowest BCUT2D eigenvalue weighted by Gasteiger charge is -2.11. The number of benzene rings is 2. The Bertz CT molecular complexity index is 1020. The maximum atomic E-state index is 12.6. The fraction of sp³-hybridized carbons (Fsp3) is 0.304. The van der Waals surface area contributed by atoms with Crippen LogP contribution in [0, 0.1) is 5.92 Å². The first-order chi connectivity index (χ1) is 15.7. The van der Waals surface area contributed by atoms with Crippen LogP contribution in [-0.2, 0) is 14.4 Å². The standard InChI is InChI=1S/C23H25N3O7/c1-26(2)25-24-18-8-3-15(4-9-18)22(30)16-5-10-20(11-6-16)33-14-19(27)13-17(23(31)32)7-12-21(28)29/h3-6,8-11,17H,7,12-14H2,1-2H3,(H,28,29)(H,31,32). The molecule has 2 aromatic carbocycles. The van der Waals surface area contributed by atoms with E-state index in [1.54, 1.807) is 67.6 Å². The van der Waals surface area contributed by atoms with Crippen LogP contribution < -0.4 is 4.74 Å². The molecule has 0 fully saturated rings. The molecule has 0 amide bonds. The summed E-state index contributed by atoms with van der Waals surface area (Å²) in [5.74, 6) is -3.73. The van der Waals surface area contributed by atoms with Gasteiger partial charge in [-0.05, 0) is 55.0 Å². The molecule has 0 saturated heterocycles. The Hall–Kier alpha value is -4.08. The Morgan fingerprint density at radius 3 is 2.03 bits per heavy atom. The van der Waals surface area contributed by atoms with Gasteiger partial charge >= 0.3 is 11.9 Å². The van der Waals surface area contributed by atoms with E-state index in [1.807, 2.05) is 0 Å². The van der Waals surface area contributed by atoms with Crippen LogP contribution in [0.25, 0.3) is 0 Å². The normalized spacial score (nSPS) is 11.7. The van der Waals surface area contributed by atoms with Crippen molar-refractivity contribution in [3.63, 3.8) is 0 Å². The van der Waals surface area contributed by atoms with E-state index in [-0.39, 0.29) is 31.7 Å². The van der Waals surface area contributed by atoms with Crippen LogP contribution in [0.3, 0.4) is 0 Å². The molecule has 0 heterocycles. The van der Waals surface area contributed by atoms with E-state index in [2.05, 4.69) is 10.3 Å². The zero-order valence-electron chi connectivity index (χ0n) is 18.3. The lowest BCUT2D eigenvalue weighted by Crippen LogP contribution is -2.22. The predicted molar refractivity (Wildman–Crippen MR) is 118 cm³/mol. The molecule has 0 aliphatic rings. The van der Waals surface area contributed by atoms with Gasteiger partial charge in [-0.1, -0.05) is 5.22 Å². The van der Waals surface area contributed by atoms with Crippen LogP contribution >= 0.6 is 0 Å². The number of hydrogen-bond donors (Lipinski definition) is 2. The van der Waals surface area contributed by atoms with Crippen LogP contribution in [0.1, 0.15) is 35.2 Å². The number of ether oxygens (including phenoxy) is 1. The second kappa shape index (κ2) is 12.1. The number of carboxylic acids is 2. The van der Waals surface area contributed by atoms with Crippen molar-refractivity contribution in [1.82, 2.24) is 5.01 Å². The number of carboxylic acid groups (broad SMARTS) is 2. The Morgan fingerprint density at radius 2 is 1.52 bits per heavy atom. The first-order valence-corrected chi connectivity index (χ1v) is 10.1. The highest BCUT2D eigenvalue weighted by Gasteiger charge is 2.22. The van der Waals surface area contributed by atoms with Crippen molar-refractivity contribution >= 4 is 29.2 Å². The minimum atomic E-state index is -1.22. The van der Waals surface area contributed by atoms with E-state index in [1.165, 1.54) is 0 Å². The number of carbonyl (C=O) groups is 4. The Labute approximate surface area is 190 Å². The molecule has 1 unspecified atom stereocenters. The van der Waals surface area contributed by atoms with Gasteiger partial charge in [0, 0.05) is 38.1 Å². The van der Waals surface area contributed by atoms with Gasteiger partial charge in [0.15, 0.2) is 11.6 Å². The van der Waals surface area contributed by atoms with Gasteiger partial charge in [-0.25, -0.2) is 0 Å². The quantitative estimate of drug-likeness (QED) is 0.265. The van der Waals surface area contributed by atoms with Gasteiger partial charge in [0.1, 0.15) is 12.4 Å². The molecule has 1 atom stereocenters. The Morgan fingerprint density at radius 1 is 0.939 bits per heavy atom. The van der Waals surface area contributed by atoms with Gasteiger partial charge in [-0.15, -0.1) is 5.11 Å². The number of Topliss-reactive ketones (excluding diaryl/α,β-unsaturated/α-hetero) is 1. The third-order valence-electron chi connectivity index (χ3n) is 4.51. The molecular weight excluding hydrogens is 430 g/mol. The molecule has 33 heavy (non-hydrogen) atoms. The van der Waals surface area contributed by atoms with Crippen LogP contribution in [0.4, 0.5) is 5.69 Å². The summed E-state index contributed by atoms with van der Waals surface area (Å²) in [6.07, 6.45) is -0.778. The van der Waals surface area contributed by atoms with Gasteiger partial charge in [-0.2, -0.15) is 0 Å². The van der Waals surface area contributed by atoms with Crippen LogP contribution in [0.5, 0.6) is 5.75 Å². The largest absolute Gasteiger partial charge is 0.486 e. The van der Waals surface area contributed by atoms with Crippen molar-refractivity contribution in [1.29, 1.82) is 0 Å². The highest BCUT2D eigenvalue weighted by Crippen LogP contribution is 2.19. The van der Waals surface area contributed by atoms with Crippen LogP contribution in [-0.4, -0.2) is 59.4 Å². The molecule has 2 aromatic rings. The molecule has 0 bridgehead atoms. The lowest BCUT2D eigenvalue weighted by molar-refractivity contribution is -0.145. The topological polar surface area (TPSA) is 146 Å². The summed E-state index contributed by atoms with van der Waals surface area (Å²) in [7, 11) is 3.50. The van der Waals surface area contributed by atoms with E-state index in [0.717, 1.165) is 0 Å². The van der Waals surface area contributed by atoms with E-state index in [4.69, 9.17) is 14.9 Å². The minimum Gasteiger partial charge on any atom is -0.486 e. The summed E-state index contributed by atoms with van der Waals surface area (Å²) in [5.41, 5.74) is 1.52. The maximum Gasteiger partial charge on any atom is 0.306 e. The van der Waals surface area contributed by atoms with Crippen molar-refractivity contribution in [2.45, 2.75) is 19.3 Å². The first kappa shape index (κ1) is 25.2. The zero-order chi connectivity index (χ0) is 24.4. The SMILES string of the molecule is CN(C)N=Nc1ccc(C(=O)c2ccc(OCC(=O)CC(CCC(=O)O)C(=O)O)cc2)cc1. The minimum absolute atomic E-state index is 0.132. The molecule has 174 valence electrons. The van der Waals surface area contributed by atoms with Gasteiger partial charge in [0.2, 0.25) is 0 Å². The predicted octanol–water partition coefficient (Wildman–Crippen LogP) is 3.38. The monoisotopic (exact) mass is 455 g/mol. The van der Waals surface area contributed by atoms with Crippen molar-refractivity contribution in [3.05, 3.63) is 59.7 Å². The van der Waals surface area contributed by atoms with Crippen molar-refractivity contribution < 1.29 is 34.1 Å². The summed E-state index contributed by atoms with van der Waals surface area (Å²) >= 11 is 0. The van der Waals surface area contributed by atoms with Gasteiger partial charge in [-0.3, -0.25) is 24.2 Å². The fourth-order valence-corrected chi connectivity index (χ4v) is 2.80. The van der Waals surface area contributed by atoms with Gasteiger partial charge in [0.05, 0.1) is 11.6 Å². The second-order valence-electron chi connectivity index (χ2n) is 7.44. The van der Waals surface area contributed by atoms with E-state index < -0.39 is 23.6 Å². The molecule has 0 saturated carbocycles. The molecule has 10 heteroatoms. The molecule has 2 N–H and O–H groups in total. The zero-order valence-corrected chi connectivity index (χ0v) is 18.3. The number of hydrogen-bond acceptors (Lipinski definition) is 7. The van der Waals surface area contributed by atoms with Gasteiger partial charge < -0.3 is 14.9 Å². The number of ketones is 2. The van der Waals surface area contributed by atoms with E-state index in [0.29, 0.717) is 22.6 Å². The molecule has 2 rings (SSSR count).